The lowest BCUT2D eigenvalue weighted by Gasteiger charge is -1.99. The van der Waals surface area contributed by atoms with Crippen LogP contribution in [0.25, 0.3) is 0 Å². The Morgan fingerprint density at radius 3 is 2.60 bits per heavy atom. The molecule has 1 rings (SSSR count). The summed E-state index contributed by atoms with van der Waals surface area (Å²) < 4.78 is 0. The van der Waals surface area contributed by atoms with E-state index < -0.39 is 22.7 Å². The third-order valence-electron chi connectivity index (χ3n) is 1.97. The van der Waals surface area contributed by atoms with E-state index in [2.05, 4.69) is 20.0 Å². The molecular weight excluding hydrogens is 296 g/mol. The van der Waals surface area contributed by atoms with Crippen LogP contribution < -0.4 is 5.32 Å². The number of thiazole rings is 1. The van der Waals surface area contributed by atoms with E-state index in [1.807, 2.05) is 0 Å². The molecule has 1 aromatic rings. The first-order chi connectivity index (χ1) is 9.38. The van der Waals surface area contributed by atoms with Crippen LogP contribution in [0, 0.1) is 27.2 Å². The molecule has 1 heterocycles. The SMILES string of the molecule is Cc1nc(NC(=O)CO[N+](=O)[O-])sc1CCO[N+](=O)[O-]. The normalized spacial score (nSPS) is 9.85. The van der Waals surface area contributed by atoms with Gasteiger partial charge in [-0.3, -0.25) is 4.79 Å². The summed E-state index contributed by atoms with van der Waals surface area (Å²) in [7, 11) is 0. The summed E-state index contributed by atoms with van der Waals surface area (Å²) in [4.78, 5) is 43.9. The molecule has 0 saturated heterocycles. The molecule has 11 nitrogen and oxygen atoms in total. The van der Waals surface area contributed by atoms with Crippen LogP contribution in [-0.4, -0.2) is 34.3 Å². The molecule has 0 fully saturated rings. The van der Waals surface area contributed by atoms with E-state index in [0.29, 0.717) is 10.6 Å². The Labute approximate surface area is 115 Å². The van der Waals surface area contributed by atoms with E-state index in [-0.39, 0.29) is 18.2 Å². The van der Waals surface area contributed by atoms with Crippen LogP contribution in [0.3, 0.4) is 0 Å². The maximum Gasteiger partial charge on any atom is 0.295 e. The van der Waals surface area contributed by atoms with Crippen molar-refractivity contribution in [1.29, 1.82) is 0 Å². The summed E-state index contributed by atoms with van der Waals surface area (Å²) in [6.45, 7) is 0.820. The van der Waals surface area contributed by atoms with E-state index in [1.165, 1.54) is 0 Å². The number of nitrogens with zero attached hydrogens (tertiary/aromatic N) is 3. The topological polar surface area (TPSA) is 147 Å². The Morgan fingerprint density at radius 2 is 2.00 bits per heavy atom. The zero-order valence-electron chi connectivity index (χ0n) is 10.2. The highest BCUT2D eigenvalue weighted by Gasteiger charge is 2.12. The van der Waals surface area contributed by atoms with Gasteiger partial charge in [-0.1, -0.05) is 0 Å². The minimum absolute atomic E-state index is 0.117. The van der Waals surface area contributed by atoms with Crippen LogP contribution in [0.2, 0.25) is 0 Å². The summed E-state index contributed by atoms with van der Waals surface area (Å²) in [5.41, 5.74) is 0.590. The zero-order chi connectivity index (χ0) is 15.1. The summed E-state index contributed by atoms with van der Waals surface area (Å²) in [5.74, 6) is -0.719. The van der Waals surface area contributed by atoms with E-state index in [4.69, 9.17) is 0 Å². The Bertz CT molecular complexity index is 517. The second-order valence-corrected chi connectivity index (χ2v) is 4.46. The van der Waals surface area contributed by atoms with Gasteiger partial charge in [0.1, 0.15) is 6.61 Å². The second kappa shape index (κ2) is 7.18. The van der Waals surface area contributed by atoms with Crippen molar-refractivity contribution in [1.82, 2.24) is 4.98 Å². The lowest BCUT2D eigenvalue weighted by molar-refractivity contribution is -0.757. The molecule has 0 aliphatic carbocycles. The van der Waals surface area contributed by atoms with Crippen LogP contribution in [-0.2, 0) is 20.9 Å². The average Bonchev–Trinajstić information content (AvgIpc) is 2.67. The fourth-order valence-electron chi connectivity index (χ4n) is 1.19. The van der Waals surface area contributed by atoms with Gasteiger partial charge in [0.05, 0.1) is 5.69 Å². The second-order valence-electron chi connectivity index (χ2n) is 3.38. The zero-order valence-corrected chi connectivity index (χ0v) is 11.0. The van der Waals surface area contributed by atoms with Gasteiger partial charge in [-0.2, -0.15) is 0 Å². The average molecular weight is 306 g/mol. The van der Waals surface area contributed by atoms with Gasteiger partial charge in [0.2, 0.25) is 0 Å². The van der Waals surface area contributed by atoms with Crippen LogP contribution in [0.1, 0.15) is 10.6 Å². The molecule has 0 atom stereocenters. The maximum absolute atomic E-state index is 11.3. The first kappa shape index (κ1) is 15.6. The van der Waals surface area contributed by atoms with Crippen molar-refractivity contribution in [2.75, 3.05) is 18.5 Å². The number of hydrogen-bond acceptors (Lipinski definition) is 9. The Hall–Kier alpha value is -2.50. The van der Waals surface area contributed by atoms with Crippen molar-refractivity contribution < 1.29 is 24.6 Å². The Morgan fingerprint density at radius 1 is 1.35 bits per heavy atom. The van der Waals surface area contributed by atoms with Crippen molar-refractivity contribution >= 4 is 22.4 Å². The third kappa shape index (κ3) is 5.43. The monoisotopic (exact) mass is 306 g/mol. The number of carbonyl (C=O) groups is 1. The number of amides is 1. The summed E-state index contributed by atoms with van der Waals surface area (Å²) in [6, 6.07) is 0. The summed E-state index contributed by atoms with van der Waals surface area (Å²) in [5, 5.41) is 20.5. The van der Waals surface area contributed by atoms with Crippen molar-refractivity contribution in [3.8, 4) is 0 Å². The Balaban J connectivity index is 2.49. The maximum atomic E-state index is 11.3. The molecule has 0 aliphatic rings. The molecule has 12 heteroatoms. The first-order valence-electron chi connectivity index (χ1n) is 5.19. The summed E-state index contributed by atoms with van der Waals surface area (Å²) in [6.07, 6.45) is 0.270. The highest BCUT2D eigenvalue weighted by Crippen LogP contribution is 2.22. The van der Waals surface area contributed by atoms with Crippen molar-refractivity contribution in [3.05, 3.63) is 30.8 Å². The fourth-order valence-corrected chi connectivity index (χ4v) is 2.15. The smallest absolute Gasteiger partial charge is 0.295 e. The van der Waals surface area contributed by atoms with Gasteiger partial charge < -0.3 is 15.0 Å². The highest BCUT2D eigenvalue weighted by molar-refractivity contribution is 7.15. The quantitative estimate of drug-likeness (QED) is 0.534. The molecule has 1 amide bonds. The van der Waals surface area contributed by atoms with Gasteiger partial charge in [0.15, 0.2) is 11.7 Å². The molecule has 0 bridgehead atoms. The lowest BCUT2D eigenvalue weighted by Crippen LogP contribution is -2.20. The minimum Gasteiger partial charge on any atom is -0.314 e. The summed E-state index contributed by atoms with van der Waals surface area (Å²) >= 11 is 1.10. The number of rotatable bonds is 8. The first-order valence-corrected chi connectivity index (χ1v) is 6.01. The van der Waals surface area contributed by atoms with E-state index in [9.17, 15) is 25.0 Å². The molecule has 0 aliphatic heterocycles. The fraction of sp³-hybridized carbons (Fsp3) is 0.500. The van der Waals surface area contributed by atoms with Gasteiger partial charge >= 0.3 is 0 Å². The van der Waals surface area contributed by atoms with Crippen molar-refractivity contribution in [2.45, 2.75) is 13.3 Å². The molecular formula is C8H10N4O7S. The number of aromatic nitrogens is 1. The standard InChI is InChI=1S/C8H10N4O7S/c1-5-6(2-3-18-11(14)15)20-8(9-5)10-7(13)4-19-12(16)17/h2-4H2,1H3,(H,9,10,13). The predicted molar refractivity (Wildman–Crippen MR) is 65.1 cm³/mol. The van der Waals surface area contributed by atoms with Gasteiger partial charge in [-0.15, -0.1) is 31.6 Å². The lowest BCUT2D eigenvalue weighted by atomic mass is 10.3. The molecule has 0 unspecified atom stereocenters. The molecule has 110 valence electrons. The Kier molecular flexibility index (Phi) is 5.58. The molecule has 0 saturated carbocycles. The third-order valence-corrected chi connectivity index (χ3v) is 3.10. The van der Waals surface area contributed by atoms with E-state index in [0.717, 1.165) is 11.3 Å². The molecule has 1 N–H and O–H groups in total. The van der Waals surface area contributed by atoms with Crippen LogP contribution in [0.15, 0.2) is 0 Å². The van der Waals surface area contributed by atoms with Crippen LogP contribution in [0.4, 0.5) is 5.13 Å². The van der Waals surface area contributed by atoms with Crippen molar-refractivity contribution in [3.63, 3.8) is 0 Å². The molecule has 0 spiro atoms. The van der Waals surface area contributed by atoms with Gasteiger partial charge in [0, 0.05) is 11.3 Å². The number of nitrogens with one attached hydrogen (secondary N) is 1. The van der Waals surface area contributed by atoms with Gasteiger partial charge in [-0.05, 0) is 6.92 Å². The molecule has 0 radical (unpaired) electrons. The molecule has 0 aromatic carbocycles. The molecule has 20 heavy (non-hydrogen) atoms. The number of hydrogen-bond donors (Lipinski definition) is 1. The number of aryl methyl sites for hydroxylation is 1. The van der Waals surface area contributed by atoms with Crippen LogP contribution in [0.5, 0.6) is 0 Å². The molecule has 1 aromatic heterocycles. The predicted octanol–water partition coefficient (Wildman–Crippen LogP) is 0.349. The number of carbonyl (C=O) groups excluding carboxylic acids is 1. The van der Waals surface area contributed by atoms with E-state index in [1.54, 1.807) is 6.92 Å². The minimum atomic E-state index is -1.08. The van der Waals surface area contributed by atoms with Gasteiger partial charge in [0.25, 0.3) is 16.1 Å². The van der Waals surface area contributed by atoms with Gasteiger partial charge in [-0.25, -0.2) is 4.98 Å². The largest absolute Gasteiger partial charge is 0.314 e. The van der Waals surface area contributed by atoms with E-state index >= 15 is 0 Å². The number of anilines is 1. The van der Waals surface area contributed by atoms with Crippen LogP contribution >= 0.6 is 11.3 Å². The highest BCUT2D eigenvalue weighted by atomic mass is 32.1. The van der Waals surface area contributed by atoms with Crippen molar-refractivity contribution in [2.24, 2.45) is 0 Å².